The molecule has 0 aliphatic heterocycles. The van der Waals surface area contributed by atoms with Crippen LogP contribution in [0.5, 0.6) is 0 Å². The maximum atomic E-state index is 12.0. The van der Waals surface area contributed by atoms with Crippen LogP contribution in [0.25, 0.3) is 0 Å². The number of carbonyl (C=O) groups excluding carboxylic acids is 1. The Morgan fingerprint density at radius 1 is 1.56 bits per heavy atom. The Kier molecular flexibility index (Phi) is 5.85. The van der Waals surface area contributed by atoms with Crippen molar-refractivity contribution in [2.75, 3.05) is 13.2 Å². The SMILES string of the molecule is CCCC(CCO)CNC(=O)c1cc(C)nn1C. The lowest BCUT2D eigenvalue weighted by Crippen LogP contribution is -2.31. The molecule has 2 N–H and O–H groups in total. The van der Waals surface area contributed by atoms with Crippen molar-refractivity contribution in [3.63, 3.8) is 0 Å². The lowest BCUT2D eigenvalue weighted by Gasteiger charge is -2.15. The van der Waals surface area contributed by atoms with Gasteiger partial charge in [-0.25, -0.2) is 0 Å². The van der Waals surface area contributed by atoms with Crippen LogP contribution in [0.2, 0.25) is 0 Å². The summed E-state index contributed by atoms with van der Waals surface area (Å²) in [7, 11) is 1.76. The van der Waals surface area contributed by atoms with Gasteiger partial charge in [-0.15, -0.1) is 0 Å². The minimum Gasteiger partial charge on any atom is -0.396 e. The van der Waals surface area contributed by atoms with Crippen LogP contribution in [0.15, 0.2) is 6.07 Å². The van der Waals surface area contributed by atoms with Crippen molar-refractivity contribution >= 4 is 5.91 Å². The van der Waals surface area contributed by atoms with Crippen LogP contribution in [-0.4, -0.2) is 33.9 Å². The summed E-state index contributed by atoms with van der Waals surface area (Å²) in [5.74, 6) is 0.246. The Hall–Kier alpha value is -1.36. The predicted molar refractivity (Wildman–Crippen MR) is 70.4 cm³/mol. The topological polar surface area (TPSA) is 67.2 Å². The summed E-state index contributed by atoms with van der Waals surface area (Å²) < 4.78 is 1.59. The molecular formula is C13H23N3O2. The number of rotatable bonds is 7. The number of aliphatic hydroxyl groups is 1. The largest absolute Gasteiger partial charge is 0.396 e. The second-order valence-electron chi connectivity index (χ2n) is 4.67. The van der Waals surface area contributed by atoms with Crippen molar-refractivity contribution < 1.29 is 9.90 Å². The van der Waals surface area contributed by atoms with Crippen molar-refractivity contribution in [2.45, 2.75) is 33.1 Å². The molecule has 1 unspecified atom stereocenters. The van der Waals surface area contributed by atoms with E-state index >= 15 is 0 Å². The number of hydrogen-bond acceptors (Lipinski definition) is 3. The zero-order valence-corrected chi connectivity index (χ0v) is 11.4. The fourth-order valence-electron chi connectivity index (χ4n) is 2.09. The summed E-state index contributed by atoms with van der Waals surface area (Å²) in [4.78, 5) is 12.0. The first-order chi connectivity index (χ1) is 8.58. The molecule has 0 aliphatic rings. The van der Waals surface area contributed by atoms with Crippen molar-refractivity contribution in [1.82, 2.24) is 15.1 Å². The van der Waals surface area contributed by atoms with Gasteiger partial charge in [-0.1, -0.05) is 13.3 Å². The van der Waals surface area contributed by atoms with Crippen LogP contribution < -0.4 is 5.32 Å². The first-order valence-corrected chi connectivity index (χ1v) is 6.48. The molecule has 0 aromatic carbocycles. The molecule has 1 aromatic heterocycles. The van der Waals surface area contributed by atoms with E-state index in [0.29, 0.717) is 18.2 Å². The highest BCUT2D eigenvalue weighted by atomic mass is 16.3. The Balaban J connectivity index is 2.51. The van der Waals surface area contributed by atoms with Crippen molar-refractivity contribution in [1.29, 1.82) is 0 Å². The second kappa shape index (κ2) is 7.16. The molecule has 18 heavy (non-hydrogen) atoms. The molecule has 0 fully saturated rings. The van der Waals surface area contributed by atoms with Gasteiger partial charge in [0.2, 0.25) is 0 Å². The minimum absolute atomic E-state index is 0.0999. The zero-order valence-electron chi connectivity index (χ0n) is 11.4. The standard InChI is InChI=1S/C13H23N3O2/c1-4-5-11(6-7-17)9-14-13(18)12-8-10(2)15-16(12)3/h8,11,17H,4-7,9H2,1-3H3,(H,14,18). The summed E-state index contributed by atoms with van der Waals surface area (Å²) in [5, 5.41) is 16.0. The van der Waals surface area contributed by atoms with E-state index in [1.807, 2.05) is 6.92 Å². The molecule has 0 aliphatic carbocycles. The Morgan fingerprint density at radius 3 is 2.78 bits per heavy atom. The number of hydrogen-bond donors (Lipinski definition) is 2. The number of aliphatic hydroxyl groups excluding tert-OH is 1. The molecule has 0 bridgehead atoms. The number of nitrogens with one attached hydrogen (secondary N) is 1. The first-order valence-electron chi connectivity index (χ1n) is 6.48. The fourth-order valence-corrected chi connectivity index (χ4v) is 2.09. The molecule has 102 valence electrons. The van der Waals surface area contributed by atoms with Gasteiger partial charge in [-0.3, -0.25) is 9.48 Å². The van der Waals surface area contributed by atoms with E-state index in [-0.39, 0.29) is 12.5 Å². The summed E-state index contributed by atoms with van der Waals surface area (Å²) in [5.41, 5.74) is 1.41. The first kappa shape index (κ1) is 14.7. The number of aryl methyl sites for hydroxylation is 2. The zero-order chi connectivity index (χ0) is 13.5. The van der Waals surface area contributed by atoms with Crippen LogP contribution >= 0.6 is 0 Å². The van der Waals surface area contributed by atoms with Gasteiger partial charge >= 0.3 is 0 Å². The van der Waals surface area contributed by atoms with Crippen molar-refractivity contribution in [2.24, 2.45) is 13.0 Å². The van der Waals surface area contributed by atoms with Crippen LogP contribution in [0.1, 0.15) is 42.4 Å². The third-order valence-corrected chi connectivity index (χ3v) is 3.02. The molecule has 0 saturated heterocycles. The highest BCUT2D eigenvalue weighted by Crippen LogP contribution is 2.10. The molecule has 0 saturated carbocycles. The van der Waals surface area contributed by atoms with E-state index in [0.717, 1.165) is 25.0 Å². The molecule has 0 spiro atoms. The molecule has 5 heteroatoms. The molecular weight excluding hydrogens is 230 g/mol. The third kappa shape index (κ3) is 4.14. The van der Waals surface area contributed by atoms with E-state index in [1.54, 1.807) is 17.8 Å². The molecule has 1 atom stereocenters. The van der Waals surface area contributed by atoms with E-state index < -0.39 is 0 Å². The summed E-state index contributed by atoms with van der Waals surface area (Å²) in [6.45, 7) is 4.75. The quantitative estimate of drug-likeness (QED) is 0.768. The van der Waals surface area contributed by atoms with E-state index in [4.69, 9.17) is 5.11 Å². The van der Waals surface area contributed by atoms with Gasteiger partial charge in [0.25, 0.3) is 5.91 Å². The van der Waals surface area contributed by atoms with Crippen LogP contribution in [-0.2, 0) is 7.05 Å². The average molecular weight is 253 g/mol. The van der Waals surface area contributed by atoms with Gasteiger partial charge in [-0.05, 0) is 31.7 Å². The van der Waals surface area contributed by atoms with Gasteiger partial charge in [0.15, 0.2) is 0 Å². The van der Waals surface area contributed by atoms with E-state index in [9.17, 15) is 4.79 Å². The van der Waals surface area contributed by atoms with E-state index in [2.05, 4.69) is 17.3 Å². The average Bonchev–Trinajstić information content (AvgIpc) is 2.65. The monoisotopic (exact) mass is 253 g/mol. The van der Waals surface area contributed by atoms with Gasteiger partial charge in [-0.2, -0.15) is 5.10 Å². The normalized spacial score (nSPS) is 12.4. The third-order valence-electron chi connectivity index (χ3n) is 3.02. The minimum atomic E-state index is -0.0999. The Morgan fingerprint density at radius 2 is 2.28 bits per heavy atom. The maximum absolute atomic E-state index is 12.0. The second-order valence-corrected chi connectivity index (χ2v) is 4.67. The molecule has 5 nitrogen and oxygen atoms in total. The summed E-state index contributed by atoms with van der Waals surface area (Å²) in [6.07, 6.45) is 2.81. The number of nitrogens with zero attached hydrogens (tertiary/aromatic N) is 2. The van der Waals surface area contributed by atoms with Gasteiger partial charge < -0.3 is 10.4 Å². The van der Waals surface area contributed by atoms with Crippen LogP contribution in [0.3, 0.4) is 0 Å². The van der Waals surface area contributed by atoms with Crippen LogP contribution in [0, 0.1) is 12.8 Å². The molecule has 1 heterocycles. The van der Waals surface area contributed by atoms with Gasteiger partial charge in [0.1, 0.15) is 5.69 Å². The van der Waals surface area contributed by atoms with Crippen LogP contribution in [0.4, 0.5) is 0 Å². The summed E-state index contributed by atoms with van der Waals surface area (Å²) in [6, 6.07) is 1.77. The molecule has 1 rings (SSSR count). The molecule has 0 radical (unpaired) electrons. The smallest absolute Gasteiger partial charge is 0.269 e. The summed E-state index contributed by atoms with van der Waals surface area (Å²) >= 11 is 0. The molecule has 1 amide bonds. The van der Waals surface area contributed by atoms with E-state index in [1.165, 1.54) is 0 Å². The van der Waals surface area contributed by atoms with Gasteiger partial charge in [0, 0.05) is 20.2 Å². The number of amides is 1. The predicted octanol–water partition coefficient (Wildman–Crippen LogP) is 1.26. The lowest BCUT2D eigenvalue weighted by atomic mass is 10.0. The maximum Gasteiger partial charge on any atom is 0.269 e. The Bertz CT molecular complexity index is 382. The van der Waals surface area contributed by atoms with Crippen molar-refractivity contribution in [3.8, 4) is 0 Å². The van der Waals surface area contributed by atoms with Gasteiger partial charge in [0.05, 0.1) is 5.69 Å². The number of aromatic nitrogens is 2. The van der Waals surface area contributed by atoms with Crippen molar-refractivity contribution in [3.05, 3.63) is 17.5 Å². The highest BCUT2D eigenvalue weighted by Gasteiger charge is 2.14. The number of carbonyl (C=O) groups is 1. The fraction of sp³-hybridized carbons (Fsp3) is 0.692. The lowest BCUT2D eigenvalue weighted by molar-refractivity contribution is 0.0933. The molecule has 1 aromatic rings. The highest BCUT2D eigenvalue weighted by molar-refractivity contribution is 5.92. The Labute approximate surface area is 108 Å².